The topological polar surface area (TPSA) is 69.7 Å². The summed E-state index contributed by atoms with van der Waals surface area (Å²) in [7, 11) is 0. The van der Waals surface area contributed by atoms with E-state index in [2.05, 4.69) is 13.8 Å². The number of hydrogen-bond donors (Lipinski definition) is 0. The van der Waals surface area contributed by atoms with Crippen LogP contribution in [0.3, 0.4) is 0 Å². The Morgan fingerprint density at radius 3 is 2.57 bits per heavy atom. The third kappa shape index (κ3) is 3.09. The summed E-state index contributed by atoms with van der Waals surface area (Å²) in [5.74, 6) is 1.38. The highest BCUT2D eigenvalue weighted by atomic mass is 16.6. The van der Waals surface area contributed by atoms with Crippen LogP contribution in [0.1, 0.15) is 78.6 Å². The largest absolute Gasteiger partial charge is 0.454 e. The van der Waals surface area contributed by atoms with E-state index in [4.69, 9.17) is 9.47 Å². The standard InChI is InChI=1S/C23H34O5/c1-14(24)27-13-20(25)28-19-12-18-16-8-7-15-6-4-5-10-22(15,2)17(16)9-11-23(18,3)21(19)26/h15-19H,4-13H2,1-3H3/t15-,16-,17-,18-,19-,22+,23+/m1/s1. The highest BCUT2D eigenvalue weighted by Crippen LogP contribution is 2.65. The lowest BCUT2D eigenvalue weighted by Gasteiger charge is -2.59. The number of rotatable bonds is 3. The van der Waals surface area contributed by atoms with E-state index in [9.17, 15) is 14.4 Å². The predicted octanol–water partition coefficient (Wildman–Crippen LogP) is 4.07. The maximum Gasteiger partial charge on any atom is 0.344 e. The Hall–Kier alpha value is -1.39. The van der Waals surface area contributed by atoms with Crippen molar-refractivity contribution in [3.05, 3.63) is 0 Å². The molecule has 0 aromatic carbocycles. The summed E-state index contributed by atoms with van der Waals surface area (Å²) < 4.78 is 10.2. The number of hydrogen-bond acceptors (Lipinski definition) is 5. The van der Waals surface area contributed by atoms with Crippen LogP contribution in [0.5, 0.6) is 0 Å². The zero-order valence-electron chi connectivity index (χ0n) is 17.5. The van der Waals surface area contributed by atoms with Gasteiger partial charge in [-0.15, -0.1) is 0 Å². The maximum atomic E-state index is 13.2. The first-order valence-electron chi connectivity index (χ1n) is 11.1. The van der Waals surface area contributed by atoms with Crippen LogP contribution in [0, 0.1) is 34.5 Å². The maximum absolute atomic E-state index is 13.2. The molecule has 156 valence electrons. The Bertz CT molecular complexity index is 672. The van der Waals surface area contributed by atoms with Crippen molar-refractivity contribution in [2.24, 2.45) is 34.5 Å². The van der Waals surface area contributed by atoms with Crippen molar-refractivity contribution >= 4 is 17.7 Å². The van der Waals surface area contributed by atoms with Crippen molar-refractivity contribution in [1.82, 2.24) is 0 Å². The molecule has 5 heteroatoms. The minimum absolute atomic E-state index is 0.0862. The van der Waals surface area contributed by atoms with Gasteiger partial charge in [-0.2, -0.15) is 0 Å². The molecule has 4 aliphatic carbocycles. The van der Waals surface area contributed by atoms with Gasteiger partial charge in [0.2, 0.25) is 0 Å². The van der Waals surface area contributed by atoms with Gasteiger partial charge in [0.15, 0.2) is 18.5 Å². The monoisotopic (exact) mass is 390 g/mol. The fourth-order valence-corrected chi connectivity index (χ4v) is 7.52. The summed E-state index contributed by atoms with van der Waals surface area (Å²) in [5.41, 5.74) is 0.0566. The number of esters is 2. The molecule has 0 saturated heterocycles. The molecule has 0 aliphatic heterocycles. The quantitative estimate of drug-likeness (QED) is 0.679. The zero-order valence-corrected chi connectivity index (χ0v) is 17.5. The van der Waals surface area contributed by atoms with E-state index in [0.717, 1.165) is 18.8 Å². The van der Waals surface area contributed by atoms with Gasteiger partial charge in [0.05, 0.1) is 0 Å². The summed E-state index contributed by atoms with van der Waals surface area (Å²) in [6.45, 7) is 5.47. The third-order valence-electron chi connectivity index (χ3n) is 8.96. The highest BCUT2D eigenvalue weighted by Gasteiger charge is 2.62. The summed E-state index contributed by atoms with van der Waals surface area (Å²) in [6, 6.07) is 0. The van der Waals surface area contributed by atoms with E-state index < -0.39 is 24.6 Å². The second-order valence-corrected chi connectivity index (χ2v) is 10.2. The summed E-state index contributed by atoms with van der Waals surface area (Å²) in [5, 5.41) is 0. The van der Waals surface area contributed by atoms with E-state index in [0.29, 0.717) is 29.6 Å². The molecule has 0 N–H and O–H groups in total. The first-order valence-corrected chi connectivity index (χ1v) is 11.1. The van der Waals surface area contributed by atoms with Crippen LogP contribution >= 0.6 is 0 Å². The first-order chi connectivity index (χ1) is 13.3. The fraction of sp³-hybridized carbons (Fsp3) is 0.870. The lowest BCUT2D eigenvalue weighted by Crippen LogP contribution is -2.52. The average Bonchev–Trinajstić information content (AvgIpc) is 2.90. The van der Waals surface area contributed by atoms with Crippen LogP contribution in [0.15, 0.2) is 0 Å². The lowest BCUT2D eigenvalue weighted by atomic mass is 9.45. The molecule has 5 nitrogen and oxygen atoms in total. The van der Waals surface area contributed by atoms with E-state index in [1.165, 1.54) is 45.4 Å². The van der Waals surface area contributed by atoms with E-state index in [1.807, 2.05) is 0 Å². The van der Waals surface area contributed by atoms with Crippen LogP contribution in [0.25, 0.3) is 0 Å². The van der Waals surface area contributed by atoms with Gasteiger partial charge in [0.25, 0.3) is 0 Å². The Labute approximate surface area is 167 Å². The van der Waals surface area contributed by atoms with Crippen molar-refractivity contribution in [3.63, 3.8) is 0 Å². The molecule has 4 rings (SSSR count). The van der Waals surface area contributed by atoms with Crippen LogP contribution in [0.2, 0.25) is 0 Å². The molecule has 0 radical (unpaired) electrons. The van der Waals surface area contributed by atoms with Gasteiger partial charge >= 0.3 is 11.9 Å². The molecule has 0 aromatic rings. The van der Waals surface area contributed by atoms with Crippen molar-refractivity contribution in [2.45, 2.75) is 84.7 Å². The normalized spacial score (nSPS) is 44.8. The lowest BCUT2D eigenvalue weighted by molar-refractivity contribution is -0.164. The number of carbonyl (C=O) groups excluding carboxylic acids is 3. The molecule has 28 heavy (non-hydrogen) atoms. The first kappa shape index (κ1) is 19.9. The van der Waals surface area contributed by atoms with Crippen molar-refractivity contribution in [2.75, 3.05) is 6.61 Å². The number of Topliss-reactive ketones (excluding diaryl/α,β-unsaturated/α-hetero) is 1. The van der Waals surface area contributed by atoms with Gasteiger partial charge in [-0.1, -0.05) is 26.7 Å². The molecular weight excluding hydrogens is 356 g/mol. The third-order valence-corrected chi connectivity index (χ3v) is 8.96. The number of fused-ring (bicyclic) bond motifs is 5. The van der Waals surface area contributed by atoms with Crippen molar-refractivity contribution < 1.29 is 23.9 Å². The second-order valence-electron chi connectivity index (χ2n) is 10.2. The second kappa shape index (κ2) is 7.14. The summed E-state index contributed by atoms with van der Waals surface area (Å²) in [6.07, 6.45) is 9.93. The molecule has 0 aromatic heterocycles. The summed E-state index contributed by atoms with van der Waals surface area (Å²) >= 11 is 0. The van der Waals surface area contributed by atoms with Gasteiger partial charge in [-0.05, 0) is 74.0 Å². The SMILES string of the molecule is CC(=O)OCC(=O)O[C@@H]1C[C@@H]2[C@@H]3CC[C@H]4CCCC[C@]4(C)[C@@H]3CC[C@]2(C)C1=O. The molecule has 4 fully saturated rings. The molecule has 0 bridgehead atoms. The molecule has 0 amide bonds. The van der Waals surface area contributed by atoms with Gasteiger partial charge in [0.1, 0.15) is 0 Å². The van der Waals surface area contributed by atoms with Crippen LogP contribution in [0.4, 0.5) is 0 Å². The minimum Gasteiger partial charge on any atom is -0.454 e. The Balaban J connectivity index is 1.50. The van der Waals surface area contributed by atoms with Gasteiger partial charge in [0, 0.05) is 12.3 Å². The molecule has 0 spiro atoms. The molecule has 4 saturated carbocycles. The Kier molecular flexibility index (Phi) is 5.08. The molecule has 0 unspecified atom stereocenters. The Morgan fingerprint density at radius 1 is 1.04 bits per heavy atom. The number of ether oxygens (including phenoxy) is 2. The number of ketones is 1. The molecule has 7 atom stereocenters. The fourth-order valence-electron chi connectivity index (χ4n) is 7.52. The van der Waals surface area contributed by atoms with Crippen molar-refractivity contribution in [3.8, 4) is 0 Å². The van der Waals surface area contributed by atoms with E-state index in [1.54, 1.807) is 0 Å². The predicted molar refractivity (Wildman–Crippen MR) is 103 cm³/mol. The van der Waals surface area contributed by atoms with E-state index >= 15 is 0 Å². The number of carbonyl (C=O) groups is 3. The van der Waals surface area contributed by atoms with Crippen molar-refractivity contribution in [1.29, 1.82) is 0 Å². The zero-order chi connectivity index (χ0) is 20.1. The van der Waals surface area contributed by atoms with Crippen LogP contribution in [-0.2, 0) is 23.9 Å². The minimum atomic E-state index is -0.673. The van der Waals surface area contributed by atoms with Gasteiger partial charge in [-0.3, -0.25) is 9.59 Å². The molecule has 4 aliphatic rings. The Morgan fingerprint density at radius 2 is 1.82 bits per heavy atom. The smallest absolute Gasteiger partial charge is 0.344 e. The van der Waals surface area contributed by atoms with Crippen LogP contribution in [-0.4, -0.2) is 30.4 Å². The van der Waals surface area contributed by atoms with E-state index in [-0.39, 0.29) is 11.2 Å². The van der Waals surface area contributed by atoms with Gasteiger partial charge < -0.3 is 9.47 Å². The summed E-state index contributed by atoms with van der Waals surface area (Å²) in [4.78, 5) is 36.1. The van der Waals surface area contributed by atoms with Crippen LogP contribution < -0.4 is 0 Å². The molecular formula is C23H34O5. The molecule has 0 heterocycles. The van der Waals surface area contributed by atoms with Gasteiger partial charge in [-0.25, -0.2) is 4.79 Å². The average molecular weight is 391 g/mol. The highest BCUT2D eigenvalue weighted by molar-refractivity contribution is 5.93.